The van der Waals surface area contributed by atoms with Crippen LogP contribution in [0.1, 0.15) is 0 Å². The van der Waals surface area contributed by atoms with Crippen LogP contribution in [0.25, 0.3) is 10.9 Å². The van der Waals surface area contributed by atoms with Crippen LogP contribution in [-0.4, -0.2) is 4.98 Å². The van der Waals surface area contributed by atoms with Crippen molar-refractivity contribution in [3.63, 3.8) is 0 Å². The van der Waals surface area contributed by atoms with Crippen molar-refractivity contribution in [2.75, 3.05) is 0 Å². The van der Waals surface area contributed by atoms with E-state index in [4.69, 9.17) is 23.2 Å². The number of halogens is 2. The number of hydrogen-bond donors (Lipinski definition) is 0. The lowest BCUT2D eigenvalue weighted by molar-refractivity contribution is 1.41. The molecule has 1 heterocycles. The van der Waals surface area contributed by atoms with Gasteiger partial charge in [-0.05, 0) is 18.2 Å². The molecule has 0 amide bonds. The Morgan fingerprint density at radius 1 is 1.08 bits per heavy atom. The lowest BCUT2D eigenvalue weighted by atomic mass is 10.2. The molecule has 0 unspecified atom stereocenters. The maximum Gasteiger partial charge on any atom is 0.0717 e. The highest BCUT2D eigenvalue weighted by atomic mass is 35.5. The monoisotopic (exact) mass is 197 g/mol. The summed E-state index contributed by atoms with van der Waals surface area (Å²) in [4.78, 5) is 4.14. The lowest BCUT2D eigenvalue weighted by Crippen LogP contribution is -1.77. The van der Waals surface area contributed by atoms with Gasteiger partial charge in [0.1, 0.15) is 0 Å². The minimum atomic E-state index is 0.544. The molecular formula is C9H5Cl2N. The van der Waals surface area contributed by atoms with E-state index < -0.39 is 0 Å². The predicted octanol–water partition coefficient (Wildman–Crippen LogP) is 3.54. The van der Waals surface area contributed by atoms with Crippen molar-refractivity contribution in [3.8, 4) is 0 Å². The van der Waals surface area contributed by atoms with Crippen LogP contribution in [-0.2, 0) is 0 Å². The SMILES string of the molecule is Clc1cc2cccnc2cc1Cl. The first kappa shape index (κ1) is 7.84. The molecule has 0 atom stereocenters. The second kappa shape index (κ2) is 2.92. The smallest absolute Gasteiger partial charge is 0.0717 e. The van der Waals surface area contributed by atoms with Gasteiger partial charge >= 0.3 is 0 Å². The number of pyridine rings is 1. The third-order valence-electron chi connectivity index (χ3n) is 1.65. The van der Waals surface area contributed by atoms with Crippen LogP contribution in [0.2, 0.25) is 10.0 Å². The summed E-state index contributed by atoms with van der Waals surface area (Å²) in [6.07, 6.45) is 1.73. The number of hydrogen-bond acceptors (Lipinski definition) is 1. The molecule has 0 N–H and O–H groups in total. The third-order valence-corrected chi connectivity index (χ3v) is 2.37. The van der Waals surface area contributed by atoms with Gasteiger partial charge in [0, 0.05) is 11.6 Å². The fourth-order valence-corrected chi connectivity index (χ4v) is 1.40. The van der Waals surface area contributed by atoms with Gasteiger partial charge in [-0.2, -0.15) is 0 Å². The molecule has 0 saturated heterocycles. The van der Waals surface area contributed by atoms with Gasteiger partial charge in [0.15, 0.2) is 0 Å². The highest BCUT2D eigenvalue weighted by Gasteiger charge is 1.99. The molecule has 0 aliphatic rings. The summed E-state index contributed by atoms with van der Waals surface area (Å²) in [7, 11) is 0. The molecule has 3 heteroatoms. The minimum absolute atomic E-state index is 0.544. The van der Waals surface area contributed by atoms with Crippen molar-refractivity contribution in [1.29, 1.82) is 0 Å². The van der Waals surface area contributed by atoms with Crippen molar-refractivity contribution in [2.24, 2.45) is 0 Å². The van der Waals surface area contributed by atoms with Gasteiger partial charge in [0.25, 0.3) is 0 Å². The Balaban J connectivity index is 2.84. The van der Waals surface area contributed by atoms with Crippen LogP contribution in [0.4, 0.5) is 0 Å². The standard InChI is InChI=1S/C9H5Cl2N/c10-7-4-6-2-1-3-12-9(6)5-8(7)11/h1-5H. The number of nitrogens with zero attached hydrogens (tertiary/aromatic N) is 1. The topological polar surface area (TPSA) is 12.9 Å². The average molecular weight is 198 g/mol. The highest BCUT2D eigenvalue weighted by molar-refractivity contribution is 6.42. The second-order valence-corrected chi connectivity index (χ2v) is 3.28. The van der Waals surface area contributed by atoms with E-state index >= 15 is 0 Å². The summed E-state index contributed by atoms with van der Waals surface area (Å²) in [6, 6.07) is 7.39. The Kier molecular flexibility index (Phi) is 1.91. The third kappa shape index (κ3) is 1.26. The summed E-state index contributed by atoms with van der Waals surface area (Å²) in [5.41, 5.74) is 0.868. The first-order valence-corrected chi connectivity index (χ1v) is 4.23. The minimum Gasteiger partial charge on any atom is -0.256 e. The van der Waals surface area contributed by atoms with E-state index in [-0.39, 0.29) is 0 Å². The predicted molar refractivity (Wildman–Crippen MR) is 51.8 cm³/mol. The van der Waals surface area contributed by atoms with Crippen LogP contribution < -0.4 is 0 Å². The fraction of sp³-hybridized carbons (Fsp3) is 0. The van der Waals surface area contributed by atoms with Gasteiger partial charge < -0.3 is 0 Å². The van der Waals surface area contributed by atoms with Gasteiger partial charge in [-0.15, -0.1) is 0 Å². The first-order chi connectivity index (χ1) is 5.77. The van der Waals surface area contributed by atoms with Gasteiger partial charge in [-0.1, -0.05) is 29.3 Å². The molecule has 0 spiro atoms. The van der Waals surface area contributed by atoms with Gasteiger partial charge in [-0.25, -0.2) is 0 Å². The van der Waals surface area contributed by atoms with E-state index in [2.05, 4.69) is 4.98 Å². The first-order valence-electron chi connectivity index (χ1n) is 3.47. The van der Waals surface area contributed by atoms with Crippen LogP contribution in [0.3, 0.4) is 0 Å². The molecule has 0 radical (unpaired) electrons. The molecule has 2 rings (SSSR count). The molecule has 0 bridgehead atoms. The Hall–Kier alpha value is -0.790. The second-order valence-electron chi connectivity index (χ2n) is 2.46. The Morgan fingerprint density at radius 3 is 2.67 bits per heavy atom. The van der Waals surface area contributed by atoms with Crippen LogP contribution in [0.5, 0.6) is 0 Å². The van der Waals surface area contributed by atoms with E-state index in [9.17, 15) is 0 Å². The number of rotatable bonds is 0. The molecule has 1 aromatic heterocycles. The Bertz CT molecular complexity index is 385. The summed E-state index contributed by atoms with van der Waals surface area (Å²) < 4.78 is 0. The molecule has 0 fully saturated rings. The quantitative estimate of drug-likeness (QED) is 0.630. The van der Waals surface area contributed by atoms with Crippen molar-refractivity contribution in [1.82, 2.24) is 4.98 Å². The maximum absolute atomic E-state index is 5.83. The van der Waals surface area contributed by atoms with E-state index in [1.165, 1.54) is 0 Å². The fourth-order valence-electron chi connectivity index (χ4n) is 1.07. The Morgan fingerprint density at radius 2 is 1.83 bits per heavy atom. The summed E-state index contributed by atoms with van der Waals surface area (Å²) in [6.45, 7) is 0. The molecule has 0 aliphatic heterocycles. The van der Waals surface area contributed by atoms with Crippen molar-refractivity contribution >= 4 is 34.1 Å². The zero-order valence-corrected chi connectivity index (χ0v) is 7.60. The number of benzene rings is 1. The van der Waals surface area contributed by atoms with E-state index in [1.807, 2.05) is 18.2 Å². The van der Waals surface area contributed by atoms with Crippen molar-refractivity contribution in [2.45, 2.75) is 0 Å². The van der Waals surface area contributed by atoms with Gasteiger partial charge in [0.05, 0.1) is 15.6 Å². The van der Waals surface area contributed by atoms with Crippen LogP contribution >= 0.6 is 23.2 Å². The normalized spacial score (nSPS) is 10.5. The van der Waals surface area contributed by atoms with E-state index in [1.54, 1.807) is 12.3 Å². The number of aromatic nitrogens is 1. The molecule has 2 aromatic rings. The maximum atomic E-state index is 5.83. The molecule has 12 heavy (non-hydrogen) atoms. The van der Waals surface area contributed by atoms with E-state index in [0.29, 0.717) is 10.0 Å². The zero-order valence-electron chi connectivity index (χ0n) is 6.09. The van der Waals surface area contributed by atoms with Gasteiger partial charge in [-0.3, -0.25) is 4.98 Å². The molecule has 1 nitrogen and oxygen atoms in total. The lowest BCUT2D eigenvalue weighted by Gasteiger charge is -1.98. The molecule has 60 valence electrons. The van der Waals surface area contributed by atoms with E-state index in [0.717, 1.165) is 10.9 Å². The largest absolute Gasteiger partial charge is 0.256 e. The van der Waals surface area contributed by atoms with Crippen molar-refractivity contribution in [3.05, 3.63) is 40.5 Å². The molecule has 0 aliphatic carbocycles. The van der Waals surface area contributed by atoms with Crippen molar-refractivity contribution < 1.29 is 0 Å². The molecule has 1 aromatic carbocycles. The highest BCUT2D eigenvalue weighted by Crippen LogP contribution is 2.26. The summed E-state index contributed by atoms with van der Waals surface area (Å²) in [5, 5.41) is 2.12. The summed E-state index contributed by atoms with van der Waals surface area (Å²) >= 11 is 11.6. The molecular weight excluding hydrogens is 193 g/mol. The van der Waals surface area contributed by atoms with Gasteiger partial charge in [0.2, 0.25) is 0 Å². The Labute approximate surface area is 79.9 Å². The molecule has 0 saturated carbocycles. The zero-order chi connectivity index (χ0) is 8.55. The van der Waals surface area contributed by atoms with Crippen LogP contribution in [0.15, 0.2) is 30.5 Å². The number of fused-ring (bicyclic) bond motifs is 1. The van der Waals surface area contributed by atoms with Crippen LogP contribution in [0, 0.1) is 0 Å². The summed E-state index contributed by atoms with van der Waals surface area (Å²) in [5.74, 6) is 0. The average Bonchev–Trinajstić information content (AvgIpc) is 2.07.